The van der Waals surface area contributed by atoms with E-state index in [9.17, 15) is 0 Å². The first-order valence-corrected chi connectivity index (χ1v) is 24.0. The van der Waals surface area contributed by atoms with E-state index in [1.807, 2.05) is 36.4 Å². The Morgan fingerprint density at radius 1 is 0.311 bits per heavy atom. The maximum atomic E-state index is 5.96. The van der Waals surface area contributed by atoms with Crippen LogP contribution in [-0.2, 0) is 9.47 Å². The van der Waals surface area contributed by atoms with Crippen LogP contribution in [0.5, 0.6) is 0 Å². The molecule has 0 spiro atoms. The van der Waals surface area contributed by atoms with E-state index in [1.165, 1.54) is 69.2 Å². The quantitative estimate of drug-likeness (QED) is 0.113. The summed E-state index contributed by atoms with van der Waals surface area (Å²) in [4.78, 5) is 0. The molecule has 4 nitrogen and oxygen atoms in total. The third-order valence-electron chi connectivity index (χ3n) is 11.2. The molecule has 0 radical (unpaired) electrons. The molecule has 0 saturated carbocycles. The zero-order valence-electron chi connectivity index (χ0n) is 34.9. The van der Waals surface area contributed by atoms with E-state index in [2.05, 4.69) is 170 Å². The van der Waals surface area contributed by atoms with Crippen molar-refractivity contribution in [1.82, 2.24) is 0 Å². The molecule has 2 heterocycles. The van der Waals surface area contributed by atoms with Crippen molar-refractivity contribution in [2.24, 2.45) is 0 Å². The summed E-state index contributed by atoms with van der Waals surface area (Å²) in [5, 5.41) is 17.0. The molecule has 7 heteroatoms. The van der Waals surface area contributed by atoms with Gasteiger partial charge in [-0.1, -0.05) is 206 Å². The Morgan fingerprint density at radius 3 is 0.738 bits per heavy atom. The minimum atomic E-state index is -0.952. The fraction of sp³-hybridized carbons (Fsp3) is 0.222. The number of hydrogen-bond donors (Lipinski definition) is 0. The van der Waals surface area contributed by atoms with Gasteiger partial charge in [-0.2, -0.15) is 16.1 Å². The van der Waals surface area contributed by atoms with Gasteiger partial charge in [0.25, 0.3) is 0 Å². The van der Waals surface area contributed by atoms with Crippen molar-refractivity contribution in [1.29, 1.82) is 0 Å². The Labute approximate surface area is 382 Å². The SMILES string of the molecule is C1CCOC1.C1CCOC1.[Mg+2].c1ccc(P([N-][C@H]2C3c4ccccc4C(c4ccccc43)[C@@H]2[N-]P(c2ccccc2)c2ccccc2)c2ccccc2)cc1.c1ccccc1. The van der Waals surface area contributed by atoms with Gasteiger partial charge in [-0.3, -0.25) is 0 Å². The van der Waals surface area contributed by atoms with Crippen LogP contribution >= 0.6 is 16.1 Å². The molecular weight excluding hydrogens is 795 g/mol. The van der Waals surface area contributed by atoms with Gasteiger partial charge in [0, 0.05) is 26.4 Å². The Kier molecular flexibility index (Phi) is 17.7. The van der Waals surface area contributed by atoms with Gasteiger partial charge in [0.1, 0.15) is 0 Å². The van der Waals surface area contributed by atoms with Crippen molar-refractivity contribution in [2.45, 2.75) is 49.6 Å². The first-order chi connectivity index (χ1) is 29.9. The second kappa shape index (κ2) is 24.0. The van der Waals surface area contributed by atoms with E-state index in [0.717, 1.165) is 26.4 Å². The van der Waals surface area contributed by atoms with Crippen molar-refractivity contribution < 1.29 is 9.47 Å². The summed E-state index contributed by atoms with van der Waals surface area (Å²) in [6.07, 6.45) is 5.11. The van der Waals surface area contributed by atoms with Crippen molar-refractivity contribution in [3.63, 3.8) is 0 Å². The molecular formula is C54H54MgN2O2P2. The molecule has 2 atom stereocenters. The van der Waals surface area contributed by atoms with Crippen molar-refractivity contribution >= 4 is 60.4 Å². The number of ether oxygens (including phenoxy) is 2. The van der Waals surface area contributed by atoms with Crippen molar-refractivity contribution in [2.75, 3.05) is 26.4 Å². The third kappa shape index (κ3) is 11.7. The summed E-state index contributed by atoms with van der Waals surface area (Å²) in [7, 11) is -1.90. The van der Waals surface area contributed by atoms with E-state index < -0.39 is 16.1 Å². The standard InChI is InChI=1S/C40H32N2P2.C6H6.2C4H8O.Mg/c1-5-17-29(18-6-1)43(30-19-7-2-8-20-30)41-39-37-33-25-13-15-27-35(33)38(36-28-16-14-26-34(36)37)40(39)42-44(31-21-9-3-10-22-31)32-23-11-4-12-24-32;1-2-4-6-5-3-1;2*1-2-4-5-3-1;/h1-28,37-40H;1-6H;2*1-4H2;/q-2;;;;+2/t37?,38?,39-,40-;;;;/m0..../s1. The van der Waals surface area contributed by atoms with Crippen LogP contribution < -0.4 is 21.2 Å². The van der Waals surface area contributed by atoms with Gasteiger partial charge in [0.2, 0.25) is 0 Å². The average Bonchev–Trinajstić information content (AvgIpc) is 4.14. The van der Waals surface area contributed by atoms with Crippen LogP contribution in [0.4, 0.5) is 0 Å². The molecule has 0 amide bonds. The minimum Gasteiger partial charge on any atom is -0.626 e. The maximum absolute atomic E-state index is 5.96. The van der Waals surface area contributed by atoms with E-state index in [1.54, 1.807) is 0 Å². The molecule has 7 aromatic rings. The van der Waals surface area contributed by atoms with E-state index in [-0.39, 0.29) is 47.0 Å². The first-order valence-electron chi connectivity index (χ1n) is 21.4. The van der Waals surface area contributed by atoms with Crippen LogP contribution in [0, 0.1) is 0 Å². The normalized spacial score (nSPS) is 19.1. The largest absolute Gasteiger partial charge is 2.00 e. The van der Waals surface area contributed by atoms with Crippen LogP contribution in [0.25, 0.3) is 10.2 Å². The molecule has 61 heavy (non-hydrogen) atoms. The monoisotopic (exact) mass is 848 g/mol. The van der Waals surface area contributed by atoms with Crippen LogP contribution in [0.2, 0.25) is 0 Å². The number of benzene rings is 7. The van der Waals surface area contributed by atoms with Gasteiger partial charge >= 0.3 is 23.1 Å². The molecule has 2 bridgehead atoms. The molecule has 3 aliphatic carbocycles. The third-order valence-corrected chi connectivity index (χ3v) is 15.3. The molecule has 2 saturated heterocycles. The number of rotatable bonds is 8. The van der Waals surface area contributed by atoms with Gasteiger partial charge in [0.05, 0.1) is 0 Å². The summed E-state index contributed by atoms with van der Waals surface area (Å²) in [5.74, 6) is 0.309. The first kappa shape index (κ1) is 45.0. The summed E-state index contributed by atoms with van der Waals surface area (Å²) >= 11 is 0. The number of hydrogen-bond acceptors (Lipinski definition) is 2. The minimum absolute atomic E-state index is 0. The molecule has 0 N–H and O–H groups in total. The number of nitrogens with zero attached hydrogens (tertiary/aromatic N) is 2. The van der Waals surface area contributed by atoms with Crippen molar-refractivity contribution in [3.05, 3.63) is 239 Å². The Balaban J connectivity index is 0.000000275. The zero-order valence-corrected chi connectivity index (χ0v) is 38.1. The van der Waals surface area contributed by atoms with Gasteiger partial charge < -0.3 is 19.6 Å². The molecule has 12 rings (SSSR count). The molecule has 5 aliphatic rings. The smallest absolute Gasteiger partial charge is 0.626 e. The van der Waals surface area contributed by atoms with Crippen LogP contribution in [0.3, 0.4) is 0 Å². The van der Waals surface area contributed by atoms with Crippen LogP contribution in [0.15, 0.2) is 206 Å². The van der Waals surface area contributed by atoms with Crippen LogP contribution in [0.1, 0.15) is 59.8 Å². The van der Waals surface area contributed by atoms with Gasteiger partial charge in [0.15, 0.2) is 0 Å². The van der Waals surface area contributed by atoms with Gasteiger partial charge in [-0.05, 0) is 81.0 Å². The summed E-state index contributed by atoms with van der Waals surface area (Å²) < 4.78 is 9.89. The molecule has 2 aliphatic heterocycles. The molecule has 2 fully saturated rings. The Bertz CT molecular complexity index is 1970. The molecule has 0 aromatic heterocycles. The predicted octanol–water partition coefficient (Wildman–Crippen LogP) is 11.8. The molecule has 0 unspecified atom stereocenters. The van der Waals surface area contributed by atoms with E-state index in [4.69, 9.17) is 19.6 Å². The second-order valence-electron chi connectivity index (χ2n) is 15.2. The summed E-state index contributed by atoms with van der Waals surface area (Å²) in [6.45, 7) is 4.00. The Hall–Kier alpha value is -3.99. The molecule has 7 aromatic carbocycles. The number of fused-ring (bicyclic) bond motifs is 1. The molecule has 304 valence electrons. The van der Waals surface area contributed by atoms with E-state index in [0.29, 0.717) is 0 Å². The van der Waals surface area contributed by atoms with Gasteiger partial charge in [-0.25, -0.2) is 0 Å². The van der Waals surface area contributed by atoms with Crippen molar-refractivity contribution in [3.8, 4) is 0 Å². The zero-order chi connectivity index (χ0) is 40.6. The van der Waals surface area contributed by atoms with Gasteiger partial charge in [-0.15, -0.1) is 12.1 Å². The summed E-state index contributed by atoms with van der Waals surface area (Å²) in [6, 6.07) is 73.7. The van der Waals surface area contributed by atoms with Crippen LogP contribution in [-0.4, -0.2) is 61.6 Å². The Morgan fingerprint density at radius 2 is 0.525 bits per heavy atom. The fourth-order valence-corrected chi connectivity index (χ4v) is 12.4. The fourth-order valence-electron chi connectivity index (χ4n) is 8.40. The maximum Gasteiger partial charge on any atom is 2.00 e. The topological polar surface area (TPSA) is 46.7 Å². The average molecular weight is 849 g/mol. The second-order valence-corrected chi connectivity index (χ2v) is 19.0. The predicted molar refractivity (Wildman–Crippen MR) is 261 cm³/mol. The van der Waals surface area contributed by atoms with E-state index >= 15 is 0 Å². The summed E-state index contributed by atoms with van der Waals surface area (Å²) in [5.41, 5.74) is 5.65.